The van der Waals surface area contributed by atoms with Crippen LogP contribution in [0.15, 0.2) is 24.3 Å². The molecule has 3 fully saturated rings. The van der Waals surface area contributed by atoms with Gasteiger partial charge in [-0.1, -0.05) is 12.1 Å². The van der Waals surface area contributed by atoms with Gasteiger partial charge in [0, 0.05) is 13.1 Å². The SMILES string of the molecule is COc1ccccc1-c1nnn([C@H]2C[C@@H](C(=O)O)N(CC3CC[C@H]4CNC(C(=O)O)CC4C3)C2)n1. The molecular weight excluding hydrogens is 452 g/mol. The van der Waals surface area contributed by atoms with Gasteiger partial charge in [-0.2, -0.15) is 4.80 Å². The lowest BCUT2D eigenvalue weighted by Gasteiger charge is -2.42. The number of benzene rings is 1. The predicted octanol–water partition coefficient (Wildman–Crippen LogP) is 1.53. The monoisotopic (exact) mass is 484 g/mol. The van der Waals surface area contributed by atoms with Crippen molar-refractivity contribution in [1.82, 2.24) is 30.4 Å². The van der Waals surface area contributed by atoms with E-state index < -0.39 is 24.0 Å². The molecule has 3 N–H and O–H groups in total. The van der Waals surface area contributed by atoms with Crippen molar-refractivity contribution in [3.8, 4) is 17.1 Å². The van der Waals surface area contributed by atoms with Crippen LogP contribution in [0.2, 0.25) is 0 Å². The standard InChI is InChI=1S/C24H32N6O5/c1-35-21-5-3-2-4-18(21)22-26-28-30(27-22)17-10-20(24(33)34)29(13-17)12-14-6-7-15-11-25-19(23(31)32)9-16(15)8-14/h2-5,14-17,19-20,25H,6-13H2,1H3,(H,31,32)(H,33,34)/t14?,15-,16?,17-,19?,20-/m0/s1. The van der Waals surface area contributed by atoms with Crippen LogP contribution < -0.4 is 10.1 Å². The summed E-state index contributed by atoms with van der Waals surface area (Å²) in [4.78, 5) is 27.1. The lowest BCUT2D eigenvalue weighted by molar-refractivity contribution is -0.143. The molecule has 6 atom stereocenters. The second-order valence-electron chi connectivity index (χ2n) is 10.1. The van der Waals surface area contributed by atoms with Gasteiger partial charge in [0.25, 0.3) is 0 Å². The maximum absolute atomic E-state index is 12.1. The third kappa shape index (κ3) is 4.87. The molecule has 0 spiro atoms. The van der Waals surface area contributed by atoms with Crippen molar-refractivity contribution < 1.29 is 24.5 Å². The Labute approximate surface area is 203 Å². The summed E-state index contributed by atoms with van der Waals surface area (Å²) in [6.45, 7) is 1.99. The number of fused-ring (bicyclic) bond motifs is 1. The van der Waals surface area contributed by atoms with Crippen LogP contribution in [-0.4, -0.2) is 86.1 Å². The van der Waals surface area contributed by atoms with E-state index in [-0.39, 0.29) is 6.04 Å². The number of ether oxygens (including phenoxy) is 1. The molecule has 188 valence electrons. The van der Waals surface area contributed by atoms with Crippen LogP contribution in [0.3, 0.4) is 0 Å². The van der Waals surface area contributed by atoms with Crippen molar-refractivity contribution in [3.05, 3.63) is 24.3 Å². The van der Waals surface area contributed by atoms with E-state index in [9.17, 15) is 19.8 Å². The quantitative estimate of drug-likeness (QED) is 0.529. The van der Waals surface area contributed by atoms with Crippen LogP contribution in [-0.2, 0) is 9.59 Å². The van der Waals surface area contributed by atoms with Crippen molar-refractivity contribution in [2.24, 2.45) is 17.8 Å². The molecule has 35 heavy (non-hydrogen) atoms. The number of carbonyl (C=O) groups is 2. The molecule has 1 aromatic heterocycles. The van der Waals surface area contributed by atoms with Crippen LogP contribution in [0.4, 0.5) is 0 Å². The first-order valence-corrected chi connectivity index (χ1v) is 12.3. The molecule has 11 heteroatoms. The third-order valence-electron chi connectivity index (χ3n) is 7.97. The molecule has 5 rings (SSSR count). The second-order valence-corrected chi connectivity index (χ2v) is 10.1. The number of rotatable bonds is 7. The molecule has 1 aliphatic carbocycles. The van der Waals surface area contributed by atoms with Gasteiger partial charge in [-0.15, -0.1) is 10.2 Å². The van der Waals surface area contributed by atoms with Crippen LogP contribution in [0.5, 0.6) is 5.75 Å². The van der Waals surface area contributed by atoms with Crippen LogP contribution in [0.25, 0.3) is 11.4 Å². The highest BCUT2D eigenvalue weighted by molar-refractivity contribution is 5.74. The molecule has 3 aliphatic rings. The minimum absolute atomic E-state index is 0.182. The summed E-state index contributed by atoms with van der Waals surface area (Å²) >= 11 is 0. The smallest absolute Gasteiger partial charge is 0.321 e. The number of para-hydroxylation sites is 1. The number of nitrogens with zero attached hydrogens (tertiary/aromatic N) is 5. The van der Waals surface area contributed by atoms with Crippen LogP contribution in [0.1, 0.15) is 38.1 Å². The van der Waals surface area contributed by atoms with Gasteiger partial charge >= 0.3 is 11.9 Å². The predicted molar refractivity (Wildman–Crippen MR) is 125 cm³/mol. The summed E-state index contributed by atoms with van der Waals surface area (Å²) < 4.78 is 5.40. The number of piperidine rings is 1. The number of carboxylic acid groups (broad SMARTS) is 2. The number of carboxylic acids is 2. The molecule has 0 radical (unpaired) electrons. The minimum atomic E-state index is -0.834. The van der Waals surface area contributed by atoms with Gasteiger partial charge in [0.2, 0.25) is 5.82 Å². The average molecular weight is 485 g/mol. The number of likely N-dealkylation sites (tertiary alicyclic amines) is 1. The van der Waals surface area contributed by atoms with Gasteiger partial charge in [0.15, 0.2) is 0 Å². The zero-order chi connectivity index (χ0) is 24.5. The lowest BCUT2D eigenvalue weighted by Crippen LogP contribution is -2.50. The Kier molecular flexibility index (Phi) is 6.70. The fraction of sp³-hybridized carbons (Fsp3) is 0.625. The van der Waals surface area contributed by atoms with E-state index in [4.69, 9.17) is 4.74 Å². The first-order valence-electron chi connectivity index (χ1n) is 12.3. The van der Waals surface area contributed by atoms with Crippen molar-refractivity contribution in [2.75, 3.05) is 26.7 Å². The Balaban J connectivity index is 1.26. The molecule has 0 amide bonds. The van der Waals surface area contributed by atoms with Gasteiger partial charge in [-0.05, 0) is 73.7 Å². The van der Waals surface area contributed by atoms with Crippen LogP contribution >= 0.6 is 0 Å². The van der Waals surface area contributed by atoms with Gasteiger partial charge < -0.3 is 20.3 Å². The molecule has 1 saturated carbocycles. The van der Waals surface area contributed by atoms with Gasteiger partial charge in [0.1, 0.15) is 17.8 Å². The van der Waals surface area contributed by atoms with E-state index in [1.807, 2.05) is 29.2 Å². The van der Waals surface area contributed by atoms with Crippen molar-refractivity contribution in [1.29, 1.82) is 0 Å². The molecule has 3 heterocycles. The van der Waals surface area contributed by atoms with E-state index >= 15 is 0 Å². The zero-order valence-electron chi connectivity index (χ0n) is 19.8. The first-order chi connectivity index (χ1) is 16.9. The summed E-state index contributed by atoms with van der Waals surface area (Å²) in [5, 5.41) is 35.5. The zero-order valence-corrected chi connectivity index (χ0v) is 19.8. The molecule has 2 saturated heterocycles. The molecule has 2 aromatic rings. The molecular formula is C24H32N6O5. The van der Waals surface area contributed by atoms with Crippen molar-refractivity contribution in [2.45, 2.75) is 50.2 Å². The summed E-state index contributed by atoms with van der Waals surface area (Å²) in [7, 11) is 1.59. The van der Waals surface area contributed by atoms with E-state index in [2.05, 4.69) is 20.7 Å². The number of hydrogen-bond donors (Lipinski definition) is 3. The van der Waals surface area contributed by atoms with Crippen LogP contribution in [0, 0.1) is 17.8 Å². The third-order valence-corrected chi connectivity index (χ3v) is 7.97. The van der Waals surface area contributed by atoms with Crippen molar-refractivity contribution >= 4 is 11.9 Å². The average Bonchev–Trinajstić information content (AvgIpc) is 3.51. The number of aromatic nitrogens is 4. The highest BCUT2D eigenvalue weighted by atomic mass is 16.5. The minimum Gasteiger partial charge on any atom is -0.496 e. The fourth-order valence-electron chi connectivity index (χ4n) is 6.17. The Bertz CT molecular complexity index is 1080. The topological polar surface area (TPSA) is 143 Å². The Morgan fingerprint density at radius 2 is 1.94 bits per heavy atom. The number of nitrogens with one attached hydrogen (secondary N) is 1. The molecule has 2 aliphatic heterocycles. The van der Waals surface area contributed by atoms with Gasteiger partial charge in [-0.25, -0.2) is 0 Å². The summed E-state index contributed by atoms with van der Waals surface area (Å²) in [5.74, 6) is 0.726. The Morgan fingerprint density at radius 1 is 1.11 bits per heavy atom. The Morgan fingerprint density at radius 3 is 2.71 bits per heavy atom. The Hall–Kier alpha value is -3.05. The fourth-order valence-corrected chi connectivity index (χ4v) is 6.17. The van der Waals surface area contributed by atoms with E-state index in [1.54, 1.807) is 11.9 Å². The number of tetrazole rings is 1. The van der Waals surface area contributed by atoms with E-state index in [0.29, 0.717) is 55.3 Å². The number of hydrogen-bond acceptors (Lipinski definition) is 8. The maximum Gasteiger partial charge on any atom is 0.321 e. The molecule has 0 bridgehead atoms. The maximum atomic E-state index is 12.1. The number of methoxy groups -OCH3 is 1. The summed E-state index contributed by atoms with van der Waals surface area (Å²) in [6, 6.07) is 6.20. The highest BCUT2D eigenvalue weighted by Gasteiger charge is 2.42. The van der Waals surface area contributed by atoms with E-state index in [1.165, 1.54) is 0 Å². The molecule has 11 nitrogen and oxygen atoms in total. The summed E-state index contributed by atoms with van der Waals surface area (Å²) in [6.07, 6.45) is 4.10. The molecule has 3 unspecified atom stereocenters. The molecule has 1 aromatic carbocycles. The second kappa shape index (κ2) is 9.90. The normalized spacial score (nSPS) is 31.1. The number of aliphatic carboxylic acids is 2. The highest BCUT2D eigenvalue weighted by Crippen LogP contribution is 2.40. The summed E-state index contributed by atoms with van der Waals surface area (Å²) in [5.41, 5.74) is 0.740. The van der Waals surface area contributed by atoms with Crippen molar-refractivity contribution in [3.63, 3.8) is 0 Å². The lowest BCUT2D eigenvalue weighted by atomic mass is 9.69. The van der Waals surface area contributed by atoms with Gasteiger partial charge in [-0.3, -0.25) is 14.5 Å². The van der Waals surface area contributed by atoms with E-state index in [0.717, 1.165) is 31.4 Å². The van der Waals surface area contributed by atoms with Gasteiger partial charge in [0.05, 0.1) is 18.7 Å². The first kappa shape index (κ1) is 23.7. The largest absolute Gasteiger partial charge is 0.496 e.